The molecule has 0 saturated heterocycles. The van der Waals surface area contributed by atoms with E-state index >= 15 is 0 Å². The third kappa shape index (κ3) is 3.61. The Kier molecular flexibility index (Phi) is 4.63. The molecule has 2 rings (SSSR count). The number of hydrogen-bond acceptors (Lipinski definition) is 2. The van der Waals surface area contributed by atoms with Gasteiger partial charge in [-0.15, -0.1) is 0 Å². The van der Waals surface area contributed by atoms with E-state index in [-0.39, 0.29) is 22.5 Å². The van der Waals surface area contributed by atoms with Gasteiger partial charge in [0.1, 0.15) is 11.6 Å². The molecule has 0 saturated carbocycles. The van der Waals surface area contributed by atoms with Crippen molar-refractivity contribution in [2.24, 2.45) is 0 Å². The number of hydrogen-bond donors (Lipinski definition) is 0. The summed E-state index contributed by atoms with van der Waals surface area (Å²) in [5.41, 5.74) is 1.13. The predicted molar refractivity (Wildman–Crippen MR) is 81.8 cm³/mol. The molecule has 0 aromatic heterocycles. The summed E-state index contributed by atoms with van der Waals surface area (Å²) in [5, 5.41) is 0.110. The number of rotatable bonds is 4. The van der Waals surface area contributed by atoms with Crippen molar-refractivity contribution in [3.8, 4) is 5.75 Å². The largest absolute Gasteiger partial charge is 0.491 e. The Morgan fingerprint density at radius 2 is 1.95 bits per heavy atom. The average molecular weight is 307 g/mol. The van der Waals surface area contributed by atoms with E-state index in [4.69, 9.17) is 16.3 Å². The summed E-state index contributed by atoms with van der Waals surface area (Å²) in [6, 6.07) is 9.51. The van der Waals surface area contributed by atoms with E-state index < -0.39 is 5.82 Å². The van der Waals surface area contributed by atoms with Crippen LogP contribution in [0.1, 0.15) is 35.3 Å². The Balaban J connectivity index is 2.38. The lowest BCUT2D eigenvalue weighted by molar-refractivity contribution is 0.103. The summed E-state index contributed by atoms with van der Waals surface area (Å²) >= 11 is 5.98. The Morgan fingerprint density at radius 1 is 1.24 bits per heavy atom. The van der Waals surface area contributed by atoms with Crippen LogP contribution in [0.2, 0.25) is 5.02 Å². The van der Waals surface area contributed by atoms with Crippen molar-refractivity contribution >= 4 is 17.4 Å². The second-order valence-electron chi connectivity index (χ2n) is 5.10. The van der Waals surface area contributed by atoms with E-state index in [1.54, 1.807) is 31.2 Å². The van der Waals surface area contributed by atoms with Gasteiger partial charge in [-0.2, -0.15) is 0 Å². The third-order valence-corrected chi connectivity index (χ3v) is 3.27. The van der Waals surface area contributed by atoms with Gasteiger partial charge in [0.2, 0.25) is 0 Å². The van der Waals surface area contributed by atoms with Gasteiger partial charge in [-0.1, -0.05) is 23.7 Å². The van der Waals surface area contributed by atoms with Gasteiger partial charge >= 0.3 is 0 Å². The lowest BCUT2D eigenvalue weighted by Crippen LogP contribution is -2.07. The summed E-state index contributed by atoms with van der Waals surface area (Å²) in [5.74, 6) is -0.0587. The van der Waals surface area contributed by atoms with Gasteiger partial charge in [0.25, 0.3) is 0 Å². The second kappa shape index (κ2) is 6.27. The van der Waals surface area contributed by atoms with Crippen LogP contribution in [0.5, 0.6) is 5.75 Å². The summed E-state index contributed by atoms with van der Waals surface area (Å²) in [7, 11) is 0. The minimum absolute atomic E-state index is 0.0204. The third-order valence-electron chi connectivity index (χ3n) is 2.96. The summed E-state index contributed by atoms with van der Waals surface area (Å²) < 4.78 is 19.0. The fourth-order valence-electron chi connectivity index (χ4n) is 1.97. The van der Waals surface area contributed by atoms with Crippen LogP contribution in [0.3, 0.4) is 0 Å². The topological polar surface area (TPSA) is 26.3 Å². The molecule has 2 aromatic rings. The lowest BCUT2D eigenvalue weighted by Gasteiger charge is -2.11. The van der Waals surface area contributed by atoms with Crippen LogP contribution in [0.15, 0.2) is 36.4 Å². The quantitative estimate of drug-likeness (QED) is 0.758. The van der Waals surface area contributed by atoms with Crippen molar-refractivity contribution in [2.45, 2.75) is 26.9 Å². The highest BCUT2D eigenvalue weighted by molar-refractivity contribution is 6.35. The fourth-order valence-corrected chi connectivity index (χ4v) is 2.21. The molecular formula is C17H16ClFO2. The van der Waals surface area contributed by atoms with E-state index in [2.05, 4.69) is 0 Å². The molecule has 0 aliphatic rings. The first-order chi connectivity index (χ1) is 9.88. The number of carbonyl (C=O) groups is 1. The smallest absolute Gasteiger partial charge is 0.194 e. The molecule has 0 atom stereocenters. The van der Waals surface area contributed by atoms with E-state index in [1.807, 2.05) is 13.8 Å². The van der Waals surface area contributed by atoms with Gasteiger partial charge in [-0.3, -0.25) is 4.79 Å². The zero-order valence-electron chi connectivity index (χ0n) is 12.1. The van der Waals surface area contributed by atoms with Crippen molar-refractivity contribution in [1.82, 2.24) is 0 Å². The molecule has 0 radical (unpaired) electrons. The second-order valence-corrected chi connectivity index (χ2v) is 5.51. The van der Waals surface area contributed by atoms with Gasteiger partial charge < -0.3 is 4.74 Å². The highest BCUT2D eigenvalue weighted by Gasteiger charge is 2.16. The van der Waals surface area contributed by atoms with Gasteiger partial charge in [-0.25, -0.2) is 4.39 Å². The Labute approximate surface area is 128 Å². The van der Waals surface area contributed by atoms with Crippen molar-refractivity contribution in [1.29, 1.82) is 0 Å². The number of carbonyl (C=O) groups excluding carboxylic acids is 1. The molecule has 0 fully saturated rings. The minimum Gasteiger partial charge on any atom is -0.491 e. The van der Waals surface area contributed by atoms with E-state index in [0.29, 0.717) is 16.9 Å². The van der Waals surface area contributed by atoms with Gasteiger partial charge in [0.05, 0.1) is 11.1 Å². The number of benzene rings is 2. The molecule has 0 bridgehead atoms. The highest BCUT2D eigenvalue weighted by atomic mass is 35.5. The van der Waals surface area contributed by atoms with Crippen LogP contribution in [0.4, 0.5) is 4.39 Å². The maximum absolute atomic E-state index is 13.4. The van der Waals surface area contributed by atoms with Crippen LogP contribution in [0, 0.1) is 12.7 Å². The molecule has 0 N–H and O–H groups in total. The van der Waals surface area contributed by atoms with Crippen molar-refractivity contribution in [3.05, 3.63) is 63.9 Å². The minimum atomic E-state index is -0.423. The zero-order chi connectivity index (χ0) is 15.6. The first-order valence-corrected chi connectivity index (χ1v) is 7.03. The fraction of sp³-hybridized carbons (Fsp3) is 0.235. The SMILES string of the molecule is Cc1cc(C(=O)c2cccc(OC(C)C)c2)c(Cl)cc1F. The van der Waals surface area contributed by atoms with Crippen LogP contribution in [-0.2, 0) is 0 Å². The molecule has 0 unspecified atom stereocenters. The molecule has 2 nitrogen and oxygen atoms in total. The normalized spacial score (nSPS) is 10.8. The van der Waals surface area contributed by atoms with Gasteiger partial charge in [0, 0.05) is 11.1 Å². The summed E-state index contributed by atoms with van der Waals surface area (Å²) in [6.07, 6.45) is 0.0204. The monoisotopic (exact) mass is 306 g/mol. The molecule has 4 heteroatoms. The molecule has 0 heterocycles. The van der Waals surface area contributed by atoms with Crippen molar-refractivity contribution < 1.29 is 13.9 Å². The Morgan fingerprint density at radius 3 is 2.62 bits per heavy atom. The molecule has 0 aliphatic heterocycles. The Hall–Kier alpha value is -1.87. The lowest BCUT2D eigenvalue weighted by atomic mass is 10.0. The molecule has 0 amide bonds. The molecular weight excluding hydrogens is 291 g/mol. The standard InChI is InChI=1S/C17H16ClFO2/c1-10(2)21-13-6-4-5-12(8-13)17(20)14-7-11(3)16(19)9-15(14)18/h4-10H,1-3H3. The summed E-state index contributed by atoms with van der Waals surface area (Å²) in [4.78, 5) is 12.5. The molecule has 2 aromatic carbocycles. The van der Waals surface area contributed by atoms with Crippen molar-refractivity contribution in [3.63, 3.8) is 0 Å². The van der Waals surface area contributed by atoms with Gasteiger partial charge in [-0.05, 0) is 50.6 Å². The number of aryl methyl sites for hydroxylation is 1. The maximum Gasteiger partial charge on any atom is 0.194 e. The highest BCUT2D eigenvalue weighted by Crippen LogP contribution is 2.25. The first kappa shape index (κ1) is 15.5. The van der Waals surface area contributed by atoms with E-state index in [0.717, 1.165) is 0 Å². The number of halogens is 2. The summed E-state index contributed by atoms with van der Waals surface area (Å²) in [6.45, 7) is 5.42. The van der Waals surface area contributed by atoms with Crippen molar-refractivity contribution in [2.75, 3.05) is 0 Å². The first-order valence-electron chi connectivity index (χ1n) is 6.65. The molecule has 21 heavy (non-hydrogen) atoms. The average Bonchev–Trinajstić information content (AvgIpc) is 2.41. The predicted octanol–water partition coefficient (Wildman–Crippen LogP) is 4.81. The Bertz CT molecular complexity index is 680. The molecule has 110 valence electrons. The zero-order valence-corrected chi connectivity index (χ0v) is 12.9. The maximum atomic E-state index is 13.4. The van der Waals surface area contributed by atoms with Crippen LogP contribution in [0.25, 0.3) is 0 Å². The number of ketones is 1. The van der Waals surface area contributed by atoms with Crippen LogP contribution < -0.4 is 4.74 Å². The van der Waals surface area contributed by atoms with Crippen LogP contribution >= 0.6 is 11.6 Å². The van der Waals surface area contributed by atoms with Crippen LogP contribution in [-0.4, -0.2) is 11.9 Å². The number of ether oxygens (including phenoxy) is 1. The van der Waals surface area contributed by atoms with E-state index in [9.17, 15) is 9.18 Å². The molecule has 0 aliphatic carbocycles. The molecule has 0 spiro atoms. The van der Waals surface area contributed by atoms with Gasteiger partial charge in [0.15, 0.2) is 5.78 Å². The van der Waals surface area contributed by atoms with E-state index in [1.165, 1.54) is 12.1 Å².